The fraction of sp³-hybridized carbons (Fsp3) is 0.143. The molecule has 0 aliphatic rings. The quantitative estimate of drug-likeness (QED) is 0.417. The first-order chi connectivity index (χ1) is 14.7. The molecule has 0 fully saturated rings. The van der Waals surface area contributed by atoms with Crippen LogP contribution in [0.4, 0.5) is 0 Å². The summed E-state index contributed by atoms with van der Waals surface area (Å²) in [4.78, 5) is 20.4. The van der Waals surface area contributed by atoms with Crippen LogP contribution >= 0.6 is 11.3 Å². The van der Waals surface area contributed by atoms with Crippen molar-refractivity contribution in [3.63, 3.8) is 0 Å². The third-order valence-corrected chi connectivity index (χ3v) is 5.42. The molecule has 30 heavy (non-hydrogen) atoms. The van der Waals surface area contributed by atoms with E-state index in [1.165, 1.54) is 39.0 Å². The number of carbonyl (C=O) groups excluding carboxylic acids is 1. The first-order valence-corrected chi connectivity index (χ1v) is 9.77. The number of carbonyl (C=O) groups is 1. The van der Waals surface area contributed by atoms with Crippen LogP contribution in [0.3, 0.4) is 0 Å². The van der Waals surface area contributed by atoms with Crippen molar-refractivity contribution in [2.45, 2.75) is 0 Å². The number of aldehydes is 1. The fourth-order valence-electron chi connectivity index (χ4n) is 3.31. The van der Waals surface area contributed by atoms with Crippen molar-refractivity contribution in [1.29, 1.82) is 0 Å². The van der Waals surface area contributed by atoms with E-state index in [4.69, 9.17) is 14.2 Å². The van der Waals surface area contributed by atoms with Crippen LogP contribution in [-0.2, 0) is 0 Å². The maximum Gasteiger partial charge on any atom is 0.203 e. The number of benzene rings is 2. The molecule has 2 heterocycles. The second-order valence-electron chi connectivity index (χ2n) is 6.14. The number of nitrogens with zero attached hydrogens (tertiary/aromatic N) is 4. The van der Waals surface area contributed by atoms with Crippen LogP contribution in [-0.4, -0.2) is 47.4 Å². The highest BCUT2D eigenvalue weighted by molar-refractivity contribution is 7.13. The standard InChI is InChI=1S/C21H18N4O4S/c1-27-17-9-14(10-26)18(20(29-3)19(17)28-2)15-5-4-13(21-23-6-7-30-21)8-16(15)25-12-22-11-24-25/h4-12H,1-3H3. The lowest BCUT2D eigenvalue weighted by Crippen LogP contribution is -2.04. The highest BCUT2D eigenvalue weighted by Crippen LogP contribution is 2.48. The SMILES string of the molecule is COc1cc(C=O)c(-c2ccc(-c3nccs3)cc2-n2cncn2)c(OC)c1OC. The second-order valence-corrected chi connectivity index (χ2v) is 7.03. The first kappa shape index (κ1) is 19.6. The Hall–Kier alpha value is -3.72. The molecule has 2 aromatic carbocycles. The van der Waals surface area contributed by atoms with E-state index < -0.39 is 0 Å². The van der Waals surface area contributed by atoms with E-state index in [1.807, 2.05) is 23.6 Å². The van der Waals surface area contributed by atoms with Gasteiger partial charge in [-0.1, -0.05) is 12.1 Å². The van der Waals surface area contributed by atoms with E-state index in [1.54, 1.807) is 23.3 Å². The van der Waals surface area contributed by atoms with Gasteiger partial charge >= 0.3 is 0 Å². The summed E-state index contributed by atoms with van der Waals surface area (Å²) in [5.74, 6) is 1.19. The molecule has 2 aromatic heterocycles. The summed E-state index contributed by atoms with van der Waals surface area (Å²) in [6.07, 6.45) is 5.56. The summed E-state index contributed by atoms with van der Waals surface area (Å²) < 4.78 is 18.2. The number of rotatable bonds is 7. The lowest BCUT2D eigenvalue weighted by Gasteiger charge is -2.20. The molecule has 0 spiro atoms. The average molecular weight is 422 g/mol. The Kier molecular flexibility index (Phi) is 5.44. The third-order valence-electron chi connectivity index (χ3n) is 4.60. The zero-order valence-corrected chi connectivity index (χ0v) is 17.3. The summed E-state index contributed by atoms with van der Waals surface area (Å²) in [5, 5.41) is 7.08. The van der Waals surface area contributed by atoms with Crippen LogP contribution in [0.2, 0.25) is 0 Å². The van der Waals surface area contributed by atoms with Crippen molar-refractivity contribution in [1.82, 2.24) is 19.7 Å². The molecular weight excluding hydrogens is 404 g/mol. The minimum Gasteiger partial charge on any atom is -0.493 e. The van der Waals surface area contributed by atoms with E-state index in [0.29, 0.717) is 34.1 Å². The predicted octanol–water partition coefficient (Wildman–Crippen LogP) is 3.90. The molecular formula is C21H18N4O4S. The minimum absolute atomic E-state index is 0.391. The van der Waals surface area contributed by atoms with E-state index in [0.717, 1.165) is 22.4 Å². The van der Waals surface area contributed by atoms with Crippen molar-refractivity contribution < 1.29 is 19.0 Å². The van der Waals surface area contributed by atoms with Crippen LogP contribution in [0.1, 0.15) is 10.4 Å². The van der Waals surface area contributed by atoms with E-state index >= 15 is 0 Å². The van der Waals surface area contributed by atoms with Gasteiger partial charge in [0.2, 0.25) is 5.75 Å². The molecule has 0 aliphatic carbocycles. The van der Waals surface area contributed by atoms with Crippen LogP contribution in [0.15, 0.2) is 48.5 Å². The average Bonchev–Trinajstić information content (AvgIpc) is 3.51. The molecule has 9 heteroatoms. The number of hydrogen-bond acceptors (Lipinski definition) is 8. The van der Waals surface area contributed by atoms with Gasteiger partial charge in [0.1, 0.15) is 17.7 Å². The van der Waals surface area contributed by atoms with Crippen molar-refractivity contribution in [3.8, 4) is 44.6 Å². The number of thiazole rings is 1. The first-order valence-electron chi connectivity index (χ1n) is 8.89. The topological polar surface area (TPSA) is 88.4 Å². The highest BCUT2D eigenvalue weighted by atomic mass is 32.1. The van der Waals surface area contributed by atoms with Crippen molar-refractivity contribution in [2.75, 3.05) is 21.3 Å². The van der Waals surface area contributed by atoms with Crippen LogP contribution < -0.4 is 14.2 Å². The summed E-state index contributed by atoms with van der Waals surface area (Å²) in [6.45, 7) is 0. The Labute approximate surface area is 176 Å². The smallest absolute Gasteiger partial charge is 0.203 e. The molecule has 0 unspecified atom stereocenters. The van der Waals surface area contributed by atoms with Gasteiger partial charge in [-0.3, -0.25) is 4.79 Å². The molecule has 152 valence electrons. The number of methoxy groups -OCH3 is 3. The highest BCUT2D eigenvalue weighted by Gasteiger charge is 2.24. The van der Waals surface area contributed by atoms with Gasteiger partial charge in [0.05, 0.1) is 27.0 Å². The number of ether oxygens (including phenoxy) is 3. The van der Waals surface area contributed by atoms with Crippen LogP contribution in [0, 0.1) is 0 Å². The monoisotopic (exact) mass is 422 g/mol. The lowest BCUT2D eigenvalue weighted by atomic mass is 9.95. The molecule has 0 bridgehead atoms. The molecule has 0 radical (unpaired) electrons. The summed E-state index contributed by atoms with van der Waals surface area (Å²) in [5.41, 5.74) is 3.33. The Morgan fingerprint density at radius 3 is 2.50 bits per heavy atom. The van der Waals surface area contributed by atoms with Gasteiger partial charge in [0, 0.05) is 33.8 Å². The molecule has 0 N–H and O–H groups in total. The third kappa shape index (κ3) is 3.29. The van der Waals surface area contributed by atoms with Crippen molar-refractivity contribution >= 4 is 17.6 Å². The Balaban J connectivity index is 2.04. The minimum atomic E-state index is 0.391. The Morgan fingerprint density at radius 1 is 1.07 bits per heavy atom. The maximum absolute atomic E-state index is 12.0. The summed E-state index contributed by atoms with van der Waals surface area (Å²) in [6, 6.07) is 7.43. The van der Waals surface area contributed by atoms with Gasteiger partial charge in [0.15, 0.2) is 17.8 Å². The molecule has 0 aliphatic heterocycles. The molecule has 8 nitrogen and oxygen atoms in total. The normalized spacial score (nSPS) is 10.6. The predicted molar refractivity (Wildman–Crippen MR) is 113 cm³/mol. The van der Waals surface area contributed by atoms with Gasteiger partial charge in [-0.15, -0.1) is 11.3 Å². The van der Waals surface area contributed by atoms with E-state index in [9.17, 15) is 4.79 Å². The van der Waals surface area contributed by atoms with Crippen molar-refractivity contribution in [3.05, 3.63) is 54.1 Å². The van der Waals surface area contributed by atoms with Gasteiger partial charge in [-0.25, -0.2) is 14.6 Å². The summed E-state index contributed by atoms with van der Waals surface area (Å²) in [7, 11) is 4.55. The lowest BCUT2D eigenvalue weighted by molar-refractivity contribution is 0.112. The molecule has 0 saturated heterocycles. The van der Waals surface area contributed by atoms with E-state index in [2.05, 4.69) is 15.1 Å². The fourth-order valence-corrected chi connectivity index (χ4v) is 3.95. The van der Waals surface area contributed by atoms with Crippen LogP contribution in [0.5, 0.6) is 17.2 Å². The van der Waals surface area contributed by atoms with Gasteiger partial charge in [-0.2, -0.15) is 5.10 Å². The molecule has 4 rings (SSSR count). The molecule has 0 saturated carbocycles. The zero-order valence-electron chi connectivity index (χ0n) is 16.5. The van der Waals surface area contributed by atoms with E-state index in [-0.39, 0.29) is 0 Å². The number of aromatic nitrogens is 4. The molecule has 0 amide bonds. The summed E-state index contributed by atoms with van der Waals surface area (Å²) >= 11 is 1.54. The maximum atomic E-state index is 12.0. The number of hydrogen-bond donors (Lipinski definition) is 0. The van der Waals surface area contributed by atoms with Crippen molar-refractivity contribution in [2.24, 2.45) is 0 Å². The second kappa shape index (κ2) is 8.34. The Bertz CT molecular complexity index is 1170. The van der Waals surface area contributed by atoms with Gasteiger partial charge in [-0.05, 0) is 12.1 Å². The Morgan fingerprint density at radius 2 is 1.90 bits per heavy atom. The van der Waals surface area contributed by atoms with Gasteiger partial charge < -0.3 is 14.2 Å². The molecule has 4 aromatic rings. The largest absolute Gasteiger partial charge is 0.493 e. The van der Waals surface area contributed by atoms with Crippen LogP contribution in [0.25, 0.3) is 27.4 Å². The van der Waals surface area contributed by atoms with Gasteiger partial charge in [0.25, 0.3) is 0 Å². The molecule has 0 atom stereocenters. The zero-order chi connectivity index (χ0) is 21.1.